The van der Waals surface area contributed by atoms with Crippen LogP contribution in [-0.2, 0) is 13.1 Å². The van der Waals surface area contributed by atoms with Gasteiger partial charge in [0, 0.05) is 31.0 Å². The average Bonchev–Trinajstić information content (AvgIpc) is 2.49. The Labute approximate surface area is 119 Å². The highest BCUT2D eigenvalue weighted by atomic mass is 16.5. The van der Waals surface area contributed by atoms with E-state index in [1.807, 2.05) is 36.7 Å². The molecule has 0 amide bonds. The van der Waals surface area contributed by atoms with Crippen LogP contribution in [0.4, 0.5) is 0 Å². The van der Waals surface area contributed by atoms with Crippen molar-refractivity contribution < 1.29 is 9.47 Å². The lowest BCUT2D eigenvalue weighted by Gasteiger charge is -2.12. The van der Waals surface area contributed by atoms with Crippen LogP contribution in [0.25, 0.3) is 0 Å². The van der Waals surface area contributed by atoms with Gasteiger partial charge in [0.05, 0.1) is 14.2 Å². The summed E-state index contributed by atoms with van der Waals surface area (Å²) in [7, 11) is 3.34. The normalized spacial score (nSPS) is 10.3. The number of nitrogens with zero attached hydrogens (tertiary/aromatic N) is 1. The van der Waals surface area contributed by atoms with Gasteiger partial charge in [-0.2, -0.15) is 0 Å². The molecule has 1 aromatic heterocycles. The van der Waals surface area contributed by atoms with E-state index in [1.54, 1.807) is 14.2 Å². The SMILES string of the molecule is COc1ccc(OC)c(CNCc2cnccc2C)c1. The molecule has 0 saturated carbocycles. The van der Waals surface area contributed by atoms with Crippen molar-refractivity contribution in [1.29, 1.82) is 0 Å². The molecule has 20 heavy (non-hydrogen) atoms. The van der Waals surface area contributed by atoms with Gasteiger partial charge in [-0.25, -0.2) is 0 Å². The van der Waals surface area contributed by atoms with Crippen LogP contribution in [-0.4, -0.2) is 19.2 Å². The molecule has 0 aliphatic carbocycles. The minimum Gasteiger partial charge on any atom is -0.497 e. The van der Waals surface area contributed by atoms with Crippen LogP contribution in [0.2, 0.25) is 0 Å². The van der Waals surface area contributed by atoms with E-state index in [0.29, 0.717) is 6.54 Å². The summed E-state index contributed by atoms with van der Waals surface area (Å²) >= 11 is 0. The first-order chi connectivity index (χ1) is 9.74. The minimum atomic E-state index is 0.717. The molecule has 0 atom stereocenters. The molecule has 0 fully saturated rings. The number of ether oxygens (including phenoxy) is 2. The molecule has 4 heteroatoms. The second-order valence-electron chi connectivity index (χ2n) is 4.58. The van der Waals surface area contributed by atoms with Gasteiger partial charge in [-0.3, -0.25) is 4.98 Å². The number of hydrogen-bond acceptors (Lipinski definition) is 4. The van der Waals surface area contributed by atoms with Gasteiger partial charge >= 0.3 is 0 Å². The highest BCUT2D eigenvalue weighted by Gasteiger charge is 2.05. The number of rotatable bonds is 6. The van der Waals surface area contributed by atoms with Crippen molar-refractivity contribution in [2.75, 3.05) is 14.2 Å². The Balaban J connectivity index is 2.02. The van der Waals surface area contributed by atoms with E-state index < -0.39 is 0 Å². The molecular formula is C16H20N2O2. The second-order valence-corrected chi connectivity index (χ2v) is 4.58. The van der Waals surface area contributed by atoms with E-state index in [-0.39, 0.29) is 0 Å². The zero-order chi connectivity index (χ0) is 14.4. The molecule has 2 rings (SSSR count). The minimum absolute atomic E-state index is 0.717. The molecule has 0 aliphatic rings. The Morgan fingerprint density at radius 1 is 1.05 bits per heavy atom. The molecule has 0 spiro atoms. The smallest absolute Gasteiger partial charge is 0.123 e. The van der Waals surface area contributed by atoms with Crippen LogP contribution in [0, 0.1) is 6.92 Å². The first kappa shape index (κ1) is 14.3. The maximum atomic E-state index is 5.36. The highest BCUT2D eigenvalue weighted by molar-refractivity contribution is 5.40. The van der Waals surface area contributed by atoms with Crippen molar-refractivity contribution in [2.45, 2.75) is 20.0 Å². The van der Waals surface area contributed by atoms with Gasteiger partial charge in [0.2, 0.25) is 0 Å². The van der Waals surface area contributed by atoms with Crippen LogP contribution in [0.3, 0.4) is 0 Å². The van der Waals surface area contributed by atoms with E-state index in [2.05, 4.69) is 17.2 Å². The Morgan fingerprint density at radius 3 is 2.55 bits per heavy atom. The van der Waals surface area contributed by atoms with E-state index >= 15 is 0 Å². The fraction of sp³-hybridized carbons (Fsp3) is 0.312. The maximum Gasteiger partial charge on any atom is 0.123 e. The van der Waals surface area contributed by atoms with Crippen molar-refractivity contribution in [3.8, 4) is 11.5 Å². The van der Waals surface area contributed by atoms with Crippen molar-refractivity contribution in [3.05, 3.63) is 53.3 Å². The van der Waals surface area contributed by atoms with Gasteiger partial charge in [-0.05, 0) is 42.3 Å². The summed E-state index contributed by atoms with van der Waals surface area (Å²) in [6, 6.07) is 7.82. The lowest BCUT2D eigenvalue weighted by molar-refractivity contribution is 0.397. The second kappa shape index (κ2) is 6.91. The molecular weight excluding hydrogens is 252 g/mol. The molecule has 0 bridgehead atoms. The Morgan fingerprint density at radius 2 is 1.85 bits per heavy atom. The van der Waals surface area contributed by atoms with Crippen LogP contribution in [0.1, 0.15) is 16.7 Å². The fourth-order valence-corrected chi connectivity index (χ4v) is 2.03. The lowest BCUT2D eigenvalue weighted by Crippen LogP contribution is -2.14. The van der Waals surface area contributed by atoms with Crippen molar-refractivity contribution in [1.82, 2.24) is 10.3 Å². The predicted molar refractivity (Wildman–Crippen MR) is 79.1 cm³/mol. The van der Waals surface area contributed by atoms with Gasteiger partial charge < -0.3 is 14.8 Å². The van der Waals surface area contributed by atoms with E-state index in [0.717, 1.165) is 23.6 Å². The molecule has 2 aromatic rings. The number of hydrogen-bond donors (Lipinski definition) is 1. The quantitative estimate of drug-likeness (QED) is 0.878. The average molecular weight is 272 g/mol. The monoisotopic (exact) mass is 272 g/mol. The fourth-order valence-electron chi connectivity index (χ4n) is 2.03. The number of aryl methyl sites for hydroxylation is 1. The zero-order valence-electron chi connectivity index (χ0n) is 12.1. The Hall–Kier alpha value is -2.07. The third kappa shape index (κ3) is 3.48. The topological polar surface area (TPSA) is 43.4 Å². The summed E-state index contributed by atoms with van der Waals surface area (Å²) in [5.74, 6) is 1.70. The number of benzene rings is 1. The molecule has 1 heterocycles. The van der Waals surface area contributed by atoms with Gasteiger partial charge in [0.25, 0.3) is 0 Å². The third-order valence-electron chi connectivity index (χ3n) is 3.27. The number of pyridine rings is 1. The van der Waals surface area contributed by atoms with Crippen LogP contribution in [0.15, 0.2) is 36.7 Å². The molecule has 0 saturated heterocycles. The van der Waals surface area contributed by atoms with E-state index in [1.165, 1.54) is 11.1 Å². The standard InChI is InChI=1S/C16H20N2O2/c1-12-6-7-17-10-14(12)11-18-9-13-8-15(19-2)4-5-16(13)20-3/h4-8,10,18H,9,11H2,1-3H3. The largest absolute Gasteiger partial charge is 0.497 e. The molecule has 1 aromatic carbocycles. The van der Waals surface area contributed by atoms with E-state index in [9.17, 15) is 0 Å². The van der Waals surface area contributed by atoms with Gasteiger partial charge in [0.15, 0.2) is 0 Å². The summed E-state index contributed by atoms with van der Waals surface area (Å²) < 4.78 is 10.6. The molecule has 0 radical (unpaired) electrons. The van der Waals surface area contributed by atoms with Gasteiger partial charge in [0.1, 0.15) is 11.5 Å². The van der Waals surface area contributed by atoms with Crippen molar-refractivity contribution in [3.63, 3.8) is 0 Å². The Kier molecular flexibility index (Phi) is 4.96. The summed E-state index contributed by atoms with van der Waals surface area (Å²) in [5.41, 5.74) is 3.52. The zero-order valence-corrected chi connectivity index (χ0v) is 12.1. The Bertz CT molecular complexity index is 570. The molecule has 4 nitrogen and oxygen atoms in total. The first-order valence-corrected chi connectivity index (χ1v) is 6.55. The third-order valence-corrected chi connectivity index (χ3v) is 3.27. The summed E-state index contributed by atoms with van der Waals surface area (Å²) in [5, 5.41) is 3.41. The van der Waals surface area contributed by atoms with Gasteiger partial charge in [-0.15, -0.1) is 0 Å². The number of aromatic nitrogens is 1. The van der Waals surface area contributed by atoms with E-state index in [4.69, 9.17) is 9.47 Å². The maximum absolute atomic E-state index is 5.36. The van der Waals surface area contributed by atoms with Gasteiger partial charge in [-0.1, -0.05) is 0 Å². The van der Waals surface area contributed by atoms with Crippen LogP contribution >= 0.6 is 0 Å². The highest BCUT2D eigenvalue weighted by Crippen LogP contribution is 2.23. The molecule has 1 N–H and O–H groups in total. The molecule has 106 valence electrons. The predicted octanol–water partition coefficient (Wildman–Crippen LogP) is 2.70. The summed E-state index contributed by atoms with van der Waals surface area (Å²) in [4.78, 5) is 4.15. The van der Waals surface area contributed by atoms with Crippen molar-refractivity contribution >= 4 is 0 Å². The molecule has 0 unspecified atom stereocenters. The molecule has 0 aliphatic heterocycles. The number of nitrogens with one attached hydrogen (secondary N) is 1. The number of methoxy groups -OCH3 is 2. The summed E-state index contributed by atoms with van der Waals surface area (Å²) in [6.07, 6.45) is 3.70. The lowest BCUT2D eigenvalue weighted by atomic mass is 10.1. The van der Waals surface area contributed by atoms with Crippen molar-refractivity contribution in [2.24, 2.45) is 0 Å². The summed E-state index contributed by atoms with van der Waals surface area (Å²) in [6.45, 7) is 3.58. The van der Waals surface area contributed by atoms with Crippen LogP contribution < -0.4 is 14.8 Å². The van der Waals surface area contributed by atoms with Crippen LogP contribution in [0.5, 0.6) is 11.5 Å². The first-order valence-electron chi connectivity index (χ1n) is 6.55.